The van der Waals surface area contributed by atoms with Crippen molar-refractivity contribution in [3.63, 3.8) is 0 Å². The molecule has 0 saturated carbocycles. The van der Waals surface area contributed by atoms with Crippen LogP contribution in [-0.4, -0.2) is 54.9 Å². The van der Waals surface area contributed by atoms with Crippen molar-refractivity contribution in [3.05, 3.63) is 0 Å². The summed E-state index contributed by atoms with van der Waals surface area (Å²) in [6.07, 6.45) is 0. The Bertz CT molecular complexity index is 198. The molecule has 0 aromatic heterocycles. The summed E-state index contributed by atoms with van der Waals surface area (Å²) in [6, 6.07) is -0.199. The van der Waals surface area contributed by atoms with Gasteiger partial charge in [0.05, 0.1) is 25.7 Å². The van der Waals surface area contributed by atoms with Gasteiger partial charge in [0.15, 0.2) is 0 Å². The van der Waals surface area contributed by atoms with Gasteiger partial charge in [0.2, 0.25) is 5.91 Å². The molecule has 1 heterocycles. The molecule has 2 atom stereocenters. The monoisotopic (exact) mass is 202 g/mol. The van der Waals surface area contributed by atoms with Crippen molar-refractivity contribution in [1.29, 1.82) is 0 Å². The number of rotatable bonds is 4. The van der Waals surface area contributed by atoms with E-state index in [9.17, 15) is 4.79 Å². The van der Waals surface area contributed by atoms with Gasteiger partial charge >= 0.3 is 0 Å². The Hall–Kier alpha value is -0.650. The first-order chi connectivity index (χ1) is 6.70. The number of ether oxygens (including phenoxy) is 1. The van der Waals surface area contributed by atoms with Gasteiger partial charge in [-0.25, -0.2) is 0 Å². The van der Waals surface area contributed by atoms with Gasteiger partial charge in [-0.1, -0.05) is 0 Å². The maximum Gasteiger partial charge on any atom is 0.229 e. The summed E-state index contributed by atoms with van der Waals surface area (Å²) in [5.74, 6) is -0.243. The van der Waals surface area contributed by atoms with Gasteiger partial charge in [0.25, 0.3) is 0 Å². The zero-order chi connectivity index (χ0) is 10.6. The highest BCUT2D eigenvalue weighted by Crippen LogP contribution is 2.14. The SMILES string of the molecule is CCN(CCO)C(=O)C1COCC1N. The van der Waals surface area contributed by atoms with Gasteiger partial charge in [-0.05, 0) is 6.92 Å². The minimum absolute atomic E-state index is 0.00782. The molecule has 0 spiro atoms. The zero-order valence-corrected chi connectivity index (χ0v) is 8.48. The molecule has 0 radical (unpaired) electrons. The van der Waals surface area contributed by atoms with E-state index in [1.54, 1.807) is 4.90 Å². The molecule has 1 aliphatic heterocycles. The number of carbonyl (C=O) groups excluding carboxylic acids is 1. The molecule has 1 aliphatic rings. The Kier molecular flexibility index (Phi) is 4.31. The summed E-state index contributed by atoms with van der Waals surface area (Å²) in [6.45, 7) is 3.70. The normalized spacial score (nSPS) is 26.5. The number of hydrogen-bond donors (Lipinski definition) is 2. The molecular weight excluding hydrogens is 184 g/mol. The lowest BCUT2D eigenvalue weighted by Crippen LogP contribution is -2.44. The smallest absolute Gasteiger partial charge is 0.229 e. The highest BCUT2D eigenvalue weighted by atomic mass is 16.5. The average Bonchev–Trinajstić information content (AvgIpc) is 2.59. The Labute approximate surface area is 83.8 Å². The maximum absolute atomic E-state index is 11.8. The van der Waals surface area contributed by atoms with E-state index in [1.165, 1.54) is 0 Å². The van der Waals surface area contributed by atoms with E-state index in [0.29, 0.717) is 26.3 Å². The first-order valence-corrected chi connectivity index (χ1v) is 4.93. The Morgan fingerprint density at radius 1 is 1.64 bits per heavy atom. The number of aliphatic hydroxyl groups excluding tert-OH is 1. The van der Waals surface area contributed by atoms with Crippen molar-refractivity contribution in [3.8, 4) is 0 Å². The number of likely N-dealkylation sites (N-methyl/N-ethyl adjacent to an activating group) is 1. The fourth-order valence-corrected chi connectivity index (χ4v) is 1.60. The highest BCUT2D eigenvalue weighted by Gasteiger charge is 2.33. The number of nitrogens with two attached hydrogens (primary N) is 1. The molecule has 1 rings (SSSR count). The molecule has 0 aromatic rings. The Morgan fingerprint density at radius 2 is 2.36 bits per heavy atom. The molecule has 2 unspecified atom stereocenters. The number of aliphatic hydroxyl groups is 1. The fourth-order valence-electron chi connectivity index (χ4n) is 1.60. The first-order valence-electron chi connectivity index (χ1n) is 4.93. The third kappa shape index (κ3) is 2.43. The summed E-state index contributed by atoms with van der Waals surface area (Å²) in [5, 5.41) is 8.77. The first kappa shape index (κ1) is 11.4. The van der Waals surface area contributed by atoms with Crippen molar-refractivity contribution in [2.75, 3.05) is 32.9 Å². The summed E-state index contributed by atoms with van der Waals surface area (Å²) < 4.78 is 5.13. The van der Waals surface area contributed by atoms with Gasteiger partial charge in [0, 0.05) is 19.1 Å². The van der Waals surface area contributed by atoms with E-state index < -0.39 is 0 Å². The summed E-state index contributed by atoms with van der Waals surface area (Å²) in [4.78, 5) is 13.4. The summed E-state index contributed by atoms with van der Waals surface area (Å²) >= 11 is 0. The van der Waals surface area contributed by atoms with Crippen LogP contribution in [0.3, 0.4) is 0 Å². The lowest BCUT2D eigenvalue weighted by Gasteiger charge is -2.24. The lowest BCUT2D eigenvalue weighted by atomic mass is 10.0. The van der Waals surface area contributed by atoms with Crippen molar-refractivity contribution in [1.82, 2.24) is 4.90 Å². The number of hydrogen-bond acceptors (Lipinski definition) is 4. The standard InChI is InChI=1S/C9H18N2O3/c1-2-11(3-4-12)9(13)7-5-14-6-8(7)10/h7-8,12H,2-6,10H2,1H3. The van der Waals surface area contributed by atoms with Crippen LogP contribution >= 0.6 is 0 Å². The minimum atomic E-state index is -0.235. The molecule has 1 saturated heterocycles. The molecule has 3 N–H and O–H groups in total. The van der Waals surface area contributed by atoms with Crippen LogP contribution in [0.5, 0.6) is 0 Å². The van der Waals surface area contributed by atoms with Crippen molar-refractivity contribution >= 4 is 5.91 Å². The third-order valence-corrected chi connectivity index (χ3v) is 2.51. The topological polar surface area (TPSA) is 75.8 Å². The molecule has 5 nitrogen and oxygen atoms in total. The maximum atomic E-state index is 11.8. The highest BCUT2D eigenvalue weighted by molar-refractivity contribution is 5.80. The van der Waals surface area contributed by atoms with Crippen LogP contribution < -0.4 is 5.73 Å². The van der Waals surface area contributed by atoms with E-state index in [2.05, 4.69) is 0 Å². The van der Waals surface area contributed by atoms with Crippen molar-refractivity contribution in [2.24, 2.45) is 11.7 Å². The molecule has 0 bridgehead atoms. The van der Waals surface area contributed by atoms with E-state index in [4.69, 9.17) is 15.6 Å². The zero-order valence-electron chi connectivity index (χ0n) is 8.48. The number of carbonyl (C=O) groups is 1. The molecule has 1 amide bonds. The van der Waals surface area contributed by atoms with Crippen LogP contribution in [0.25, 0.3) is 0 Å². The molecule has 82 valence electrons. The fraction of sp³-hybridized carbons (Fsp3) is 0.889. The number of nitrogens with zero attached hydrogens (tertiary/aromatic N) is 1. The predicted octanol–water partition coefficient (Wildman–Crippen LogP) is -1.20. The average molecular weight is 202 g/mol. The second-order valence-corrected chi connectivity index (χ2v) is 3.45. The Balaban J connectivity index is 2.52. The van der Waals surface area contributed by atoms with Gasteiger partial charge in [-0.3, -0.25) is 4.79 Å². The quantitative estimate of drug-likeness (QED) is 0.600. The van der Waals surface area contributed by atoms with Crippen LogP contribution in [0.2, 0.25) is 0 Å². The van der Waals surface area contributed by atoms with E-state index >= 15 is 0 Å². The number of amides is 1. The van der Waals surface area contributed by atoms with Gasteiger partial charge in [-0.15, -0.1) is 0 Å². The molecule has 0 aromatic carbocycles. The van der Waals surface area contributed by atoms with Crippen LogP contribution in [-0.2, 0) is 9.53 Å². The van der Waals surface area contributed by atoms with Crippen LogP contribution in [0, 0.1) is 5.92 Å². The van der Waals surface area contributed by atoms with Crippen molar-refractivity contribution < 1.29 is 14.6 Å². The molecule has 0 aliphatic carbocycles. The minimum Gasteiger partial charge on any atom is -0.395 e. The van der Waals surface area contributed by atoms with E-state index in [0.717, 1.165) is 0 Å². The van der Waals surface area contributed by atoms with Gasteiger partial charge in [-0.2, -0.15) is 0 Å². The third-order valence-electron chi connectivity index (χ3n) is 2.51. The van der Waals surface area contributed by atoms with Gasteiger partial charge < -0.3 is 20.5 Å². The second kappa shape index (κ2) is 5.29. The molecular formula is C9H18N2O3. The molecule has 5 heteroatoms. The van der Waals surface area contributed by atoms with Crippen molar-refractivity contribution in [2.45, 2.75) is 13.0 Å². The Morgan fingerprint density at radius 3 is 2.79 bits per heavy atom. The predicted molar refractivity (Wildman–Crippen MR) is 51.6 cm³/mol. The molecule has 1 fully saturated rings. The largest absolute Gasteiger partial charge is 0.395 e. The summed E-state index contributed by atoms with van der Waals surface area (Å²) in [5.41, 5.74) is 5.73. The van der Waals surface area contributed by atoms with Crippen LogP contribution in [0.4, 0.5) is 0 Å². The second-order valence-electron chi connectivity index (χ2n) is 3.45. The van der Waals surface area contributed by atoms with E-state index in [1.807, 2.05) is 6.92 Å². The lowest BCUT2D eigenvalue weighted by molar-refractivity contribution is -0.136. The van der Waals surface area contributed by atoms with Crippen LogP contribution in [0.15, 0.2) is 0 Å². The van der Waals surface area contributed by atoms with E-state index in [-0.39, 0.29) is 24.5 Å². The van der Waals surface area contributed by atoms with Crippen LogP contribution in [0.1, 0.15) is 6.92 Å². The molecule has 14 heavy (non-hydrogen) atoms. The van der Waals surface area contributed by atoms with Gasteiger partial charge in [0.1, 0.15) is 0 Å². The summed E-state index contributed by atoms with van der Waals surface area (Å²) in [7, 11) is 0.